The second kappa shape index (κ2) is 9.89. The zero-order valence-corrected chi connectivity index (χ0v) is 15.4. The lowest BCUT2D eigenvalue weighted by Crippen LogP contribution is -2.34. The summed E-state index contributed by atoms with van der Waals surface area (Å²) >= 11 is 0. The van der Waals surface area contributed by atoms with Gasteiger partial charge in [-0.2, -0.15) is 0 Å². The van der Waals surface area contributed by atoms with Crippen molar-refractivity contribution in [1.29, 1.82) is 0 Å². The predicted molar refractivity (Wildman–Crippen MR) is 99.0 cm³/mol. The molecule has 2 aromatic rings. The van der Waals surface area contributed by atoms with Gasteiger partial charge in [0.25, 0.3) is 0 Å². The molecule has 0 atom stereocenters. The minimum atomic E-state index is 0.00164. The molecule has 1 amide bonds. The van der Waals surface area contributed by atoms with Gasteiger partial charge in [-0.1, -0.05) is 18.2 Å². The molecule has 0 N–H and O–H groups in total. The third kappa shape index (κ3) is 5.42. The van der Waals surface area contributed by atoms with Gasteiger partial charge in [-0.15, -0.1) is 0 Å². The van der Waals surface area contributed by atoms with Crippen molar-refractivity contribution in [2.24, 2.45) is 0 Å². The van der Waals surface area contributed by atoms with E-state index in [0.717, 1.165) is 5.56 Å². The van der Waals surface area contributed by atoms with Crippen LogP contribution in [0.5, 0.6) is 17.4 Å². The number of rotatable bonds is 3. The molecule has 2 heterocycles. The van der Waals surface area contributed by atoms with Crippen LogP contribution in [0.15, 0.2) is 42.6 Å². The molecule has 0 saturated carbocycles. The number of para-hydroxylation sites is 2. The van der Waals surface area contributed by atoms with Crippen molar-refractivity contribution in [2.45, 2.75) is 13.0 Å². The Bertz CT molecular complexity index is 753. The zero-order chi connectivity index (χ0) is 18.9. The Morgan fingerprint density at radius 1 is 1.15 bits per heavy atom. The highest BCUT2D eigenvalue weighted by atomic mass is 16.5. The van der Waals surface area contributed by atoms with E-state index in [2.05, 4.69) is 4.98 Å². The molecule has 0 aliphatic carbocycles. The van der Waals surface area contributed by atoms with E-state index in [9.17, 15) is 4.79 Å². The van der Waals surface area contributed by atoms with Crippen molar-refractivity contribution in [3.05, 3.63) is 48.2 Å². The van der Waals surface area contributed by atoms with Crippen LogP contribution in [-0.2, 0) is 20.8 Å². The van der Waals surface area contributed by atoms with Gasteiger partial charge in [0.1, 0.15) is 6.61 Å². The van der Waals surface area contributed by atoms with E-state index < -0.39 is 0 Å². The summed E-state index contributed by atoms with van der Waals surface area (Å²) in [5.74, 6) is 1.67. The Morgan fingerprint density at radius 3 is 2.85 bits per heavy atom. The number of carbonyl (C=O) groups is 1. The number of aromatic nitrogens is 1. The van der Waals surface area contributed by atoms with Crippen molar-refractivity contribution in [3.63, 3.8) is 0 Å². The normalized spacial score (nSPS) is 15.1. The number of fused-ring (bicyclic) bond motifs is 2. The fourth-order valence-electron chi connectivity index (χ4n) is 2.73. The lowest BCUT2D eigenvalue weighted by atomic mass is 10.2. The highest BCUT2D eigenvalue weighted by molar-refractivity contribution is 5.76. The molecule has 7 heteroatoms. The Hall–Kier alpha value is -2.64. The van der Waals surface area contributed by atoms with Crippen molar-refractivity contribution in [2.75, 3.05) is 40.1 Å². The molecular formula is C20H24N2O5. The molecule has 1 aliphatic heterocycles. The van der Waals surface area contributed by atoms with E-state index in [1.807, 2.05) is 36.4 Å². The Kier molecular flexibility index (Phi) is 7.01. The van der Waals surface area contributed by atoms with Crippen LogP contribution in [0.3, 0.4) is 0 Å². The van der Waals surface area contributed by atoms with Crippen LogP contribution < -0.4 is 9.47 Å². The average Bonchev–Trinajstić information content (AvgIpc) is 2.71. The third-order valence-corrected chi connectivity index (χ3v) is 4.13. The quantitative estimate of drug-likeness (QED) is 0.825. The summed E-state index contributed by atoms with van der Waals surface area (Å²) < 4.78 is 22.5. The van der Waals surface area contributed by atoms with Crippen molar-refractivity contribution in [1.82, 2.24) is 9.88 Å². The number of methoxy groups -OCH3 is 1. The number of pyridine rings is 1. The van der Waals surface area contributed by atoms with Gasteiger partial charge >= 0.3 is 0 Å². The Labute approximate surface area is 158 Å². The predicted octanol–water partition coefficient (Wildman–Crippen LogP) is 2.65. The number of hydrogen-bond acceptors (Lipinski definition) is 6. The van der Waals surface area contributed by atoms with Crippen LogP contribution in [0.25, 0.3) is 0 Å². The van der Waals surface area contributed by atoms with E-state index in [4.69, 9.17) is 18.9 Å². The highest BCUT2D eigenvalue weighted by Gasteiger charge is 2.18. The molecule has 0 saturated heterocycles. The van der Waals surface area contributed by atoms with Gasteiger partial charge in [0.15, 0.2) is 11.5 Å². The highest BCUT2D eigenvalue weighted by Crippen LogP contribution is 2.32. The first kappa shape index (κ1) is 19.1. The van der Waals surface area contributed by atoms with Gasteiger partial charge < -0.3 is 23.8 Å². The maximum atomic E-state index is 12.6. The summed E-state index contributed by atoms with van der Waals surface area (Å²) in [4.78, 5) is 18.7. The molecule has 0 fully saturated rings. The SMILES string of the molecule is COCCC(=O)N1CCOCCOc2ccccc2Oc2ncccc2C1. The lowest BCUT2D eigenvalue weighted by molar-refractivity contribution is -0.133. The molecule has 3 rings (SSSR count). The molecular weight excluding hydrogens is 348 g/mol. The second-order valence-corrected chi connectivity index (χ2v) is 6.04. The van der Waals surface area contributed by atoms with Gasteiger partial charge in [-0.3, -0.25) is 4.79 Å². The molecule has 1 aliphatic rings. The van der Waals surface area contributed by atoms with Crippen LogP contribution in [0.2, 0.25) is 0 Å². The number of ether oxygens (including phenoxy) is 4. The molecule has 1 aromatic carbocycles. The minimum absolute atomic E-state index is 0.00164. The number of amides is 1. The number of hydrogen-bond donors (Lipinski definition) is 0. The third-order valence-electron chi connectivity index (χ3n) is 4.13. The van der Waals surface area contributed by atoms with E-state index in [-0.39, 0.29) is 5.91 Å². The first-order valence-corrected chi connectivity index (χ1v) is 8.96. The standard InChI is InChI=1S/C20H24N2O5/c1-24-11-8-19(23)22-10-12-25-13-14-26-17-6-2-3-7-18(17)27-20-16(15-22)5-4-9-21-20/h2-7,9H,8,10-15H2,1H3. The number of benzene rings is 1. The molecule has 0 bridgehead atoms. The summed E-state index contributed by atoms with van der Waals surface area (Å²) in [6.07, 6.45) is 1.99. The molecule has 7 nitrogen and oxygen atoms in total. The fourth-order valence-corrected chi connectivity index (χ4v) is 2.73. The summed E-state index contributed by atoms with van der Waals surface area (Å²) in [5, 5.41) is 0. The fraction of sp³-hybridized carbons (Fsp3) is 0.400. The number of carbonyl (C=O) groups excluding carboxylic acids is 1. The van der Waals surface area contributed by atoms with Crippen LogP contribution in [-0.4, -0.2) is 55.9 Å². The molecule has 0 unspecified atom stereocenters. The molecule has 0 radical (unpaired) electrons. The van der Waals surface area contributed by atoms with Crippen molar-refractivity contribution in [3.8, 4) is 17.4 Å². The summed E-state index contributed by atoms with van der Waals surface area (Å²) in [6.45, 7) is 2.50. The van der Waals surface area contributed by atoms with Crippen molar-refractivity contribution >= 4 is 5.91 Å². The van der Waals surface area contributed by atoms with Crippen LogP contribution >= 0.6 is 0 Å². The molecule has 144 valence electrons. The summed E-state index contributed by atoms with van der Waals surface area (Å²) in [5.41, 5.74) is 0.817. The Balaban J connectivity index is 1.87. The summed E-state index contributed by atoms with van der Waals surface area (Å²) in [7, 11) is 1.58. The number of nitrogens with zero attached hydrogens (tertiary/aromatic N) is 2. The second-order valence-electron chi connectivity index (χ2n) is 6.04. The van der Waals surface area contributed by atoms with E-state index >= 15 is 0 Å². The van der Waals surface area contributed by atoms with Crippen LogP contribution in [0.4, 0.5) is 0 Å². The van der Waals surface area contributed by atoms with E-state index in [0.29, 0.717) is 63.3 Å². The Morgan fingerprint density at radius 2 is 2.00 bits per heavy atom. The molecule has 1 aromatic heterocycles. The van der Waals surface area contributed by atoms with Gasteiger partial charge in [-0.25, -0.2) is 4.98 Å². The van der Waals surface area contributed by atoms with E-state index in [1.54, 1.807) is 18.2 Å². The van der Waals surface area contributed by atoms with Gasteiger partial charge in [0.2, 0.25) is 11.8 Å². The largest absolute Gasteiger partial charge is 0.487 e. The van der Waals surface area contributed by atoms with Gasteiger partial charge in [0.05, 0.1) is 32.8 Å². The topological polar surface area (TPSA) is 70.1 Å². The average molecular weight is 372 g/mol. The van der Waals surface area contributed by atoms with Gasteiger partial charge in [0, 0.05) is 25.4 Å². The minimum Gasteiger partial charge on any atom is -0.487 e. The monoisotopic (exact) mass is 372 g/mol. The smallest absolute Gasteiger partial charge is 0.225 e. The van der Waals surface area contributed by atoms with Crippen LogP contribution in [0, 0.1) is 0 Å². The van der Waals surface area contributed by atoms with E-state index in [1.165, 1.54) is 0 Å². The molecule has 0 spiro atoms. The van der Waals surface area contributed by atoms with Gasteiger partial charge in [-0.05, 0) is 18.2 Å². The van der Waals surface area contributed by atoms with Crippen LogP contribution in [0.1, 0.15) is 12.0 Å². The first-order valence-electron chi connectivity index (χ1n) is 8.96. The molecule has 27 heavy (non-hydrogen) atoms. The van der Waals surface area contributed by atoms with Crippen molar-refractivity contribution < 1.29 is 23.7 Å². The lowest BCUT2D eigenvalue weighted by Gasteiger charge is -2.23. The zero-order valence-electron chi connectivity index (χ0n) is 15.4. The maximum absolute atomic E-state index is 12.6. The first-order chi connectivity index (χ1) is 13.3. The maximum Gasteiger partial charge on any atom is 0.225 e. The summed E-state index contributed by atoms with van der Waals surface area (Å²) in [6, 6.07) is 11.2.